The number of ether oxygens (including phenoxy) is 2. The highest BCUT2D eigenvalue weighted by molar-refractivity contribution is 6.00. The summed E-state index contributed by atoms with van der Waals surface area (Å²) in [5.41, 5.74) is 1.35. The Bertz CT molecular complexity index is 1010. The number of nitro groups is 1. The van der Waals surface area contributed by atoms with E-state index < -0.39 is 22.8 Å². The molecule has 31 heavy (non-hydrogen) atoms. The van der Waals surface area contributed by atoms with Gasteiger partial charge in [0.05, 0.1) is 35.2 Å². The van der Waals surface area contributed by atoms with Gasteiger partial charge in [0.1, 0.15) is 0 Å². The quantitative estimate of drug-likeness (QED) is 0.376. The molecule has 0 radical (unpaired) electrons. The maximum Gasteiger partial charge on any atom is 0.336 e. The van der Waals surface area contributed by atoms with Gasteiger partial charge in [-0.3, -0.25) is 10.1 Å². The van der Waals surface area contributed by atoms with E-state index in [2.05, 4.69) is 0 Å². The van der Waals surface area contributed by atoms with E-state index >= 15 is 0 Å². The van der Waals surface area contributed by atoms with Gasteiger partial charge in [0.2, 0.25) is 0 Å². The molecule has 8 nitrogen and oxygen atoms in total. The van der Waals surface area contributed by atoms with E-state index in [1.807, 2.05) is 30.3 Å². The number of nitro benzene ring substituents is 1. The molecule has 1 aliphatic rings. The number of hydrogen-bond donors (Lipinski definition) is 0. The second-order valence-electron chi connectivity index (χ2n) is 6.64. The third kappa shape index (κ3) is 4.80. The van der Waals surface area contributed by atoms with Crippen molar-refractivity contribution >= 4 is 23.3 Å². The molecule has 1 heterocycles. The topological polar surface area (TPSA) is 99.0 Å². The van der Waals surface area contributed by atoms with Crippen LogP contribution in [0.5, 0.6) is 0 Å². The fourth-order valence-electron chi connectivity index (χ4n) is 3.35. The lowest BCUT2D eigenvalue weighted by Gasteiger charge is -2.30. The van der Waals surface area contributed by atoms with Gasteiger partial charge in [-0.05, 0) is 31.5 Å². The summed E-state index contributed by atoms with van der Waals surface area (Å²) < 4.78 is 10.5. The molecule has 3 rings (SSSR count). The second kappa shape index (κ2) is 9.71. The first kappa shape index (κ1) is 21.8. The lowest BCUT2D eigenvalue weighted by atomic mass is 9.83. The van der Waals surface area contributed by atoms with E-state index in [0.717, 1.165) is 5.69 Å². The average Bonchev–Trinajstić information content (AvgIpc) is 2.79. The van der Waals surface area contributed by atoms with E-state index in [0.29, 0.717) is 5.56 Å². The minimum Gasteiger partial charge on any atom is -0.463 e. The first-order valence-corrected chi connectivity index (χ1v) is 9.81. The number of benzene rings is 2. The van der Waals surface area contributed by atoms with E-state index in [-0.39, 0.29) is 30.0 Å². The number of para-hydroxylation sites is 1. The molecule has 160 valence electrons. The maximum absolute atomic E-state index is 12.9. The number of anilines is 1. The number of non-ortho nitro benzene ring substituents is 1. The molecule has 1 aliphatic heterocycles. The molecule has 0 aromatic heterocycles. The Morgan fingerprint density at radius 2 is 1.52 bits per heavy atom. The fraction of sp³-hybridized carbons (Fsp3) is 0.217. The summed E-state index contributed by atoms with van der Waals surface area (Å²) in [6, 6.07) is 15.0. The minimum absolute atomic E-state index is 0.140. The van der Waals surface area contributed by atoms with Gasteiger partial charge >= 0.3 is 11.9 Å². The molecule has 0 spiro atoms. The largest absolute Gasteiger partial charge is 0.463 e. The molecule has 0 amide bonds. The van der Waals surface area contributed by atoms with Crippen LogP contribution in [0.25, 0.3) is 0 Å². The van der Waals surface area contributed by atoms with E-state index in [1.54, 1.807) is 37.2 Å². The first-order valence-electron chi connectivity index (χ1n) is 9.81. The number of rotatable bonds is 7. The maximum atomic E-state index is 12.9. The molecule has 0 atom stereocenters. The van der Waals surface area contributed by atoms with Crippen LogP contribution >= 0.6 is 0 Å². The normalized spacial score (nSPS) is 13.8. The summed E-state index contributed by atoms with van der Waals surface area (Å²) in [6.45, 7) is 3.64. The predicted molar refractivity (Wildman–Crippen MR) is 114 cm³/mol. The van der Waals surface area contributed by atoms with Gasteiger partial charge in [-0.25, -0.2) is 9.59 Å². The van der Waals surface area contributed by atoms with Crippen molar-refractivity contribution in [1.29, 1.82) is 0 Å². The zero-order chi connectivity index (χ0) is 22.4. The average molecular weight is 422 g/mol. The van der Waals surface area contributed by atoms with Crippen molar-refractivity contribution in [2.75, 3.05) is 18.1 Å². The Labute approximate surface area is 179 Å². The van der Waals surface area contributed by atoms with Crippen molar-refractivity contribution in [3.8, 4) is 0 Å². The van der Waals surface area contributed by atoms with Gasteiger partial charge in [-0.1, -0.05) is 30.3 Å². The molecule has 0 bridgehead atoms. The van der Waals surface area contributed by atoms with E-state index in [9.17, 15) is 19.7 Å². The highest BCUT2D eigenvalue weighted by Gasteiger charge is 2.36. The van der Waals surface area contributed by atoms with Crippen molar-refractivity contribution in [2.45, 2.75) is 19.8 Å². The van der Waals surface area contributed by atoms with Gasteiger partial charge < -0.3 is 14.4 Å². The lowest BCUT2D eigenvalue weighted by molar-refractivity contribution is -0.384. The number of carbonyl (C=O) groups excluding carboxylic acids is 2. The molecule has 0 saturated heterocycles. The van der Waals surface area contributed by atoms with Crippen molar-refractivity contribution in [2.24, 2.45) is 0 Å². The Morgan fingerprint density at radius 1 is 0.935 bits per heavy atom. The fourth-order valence-corrected chi connectivity index (χ4v) is 3.35. The highest BCUT2D eigenvalue weighted by Crippen LogP contribution is 2.39. The molecule has 2 aromatic rings. The number of hydrogen-bond acceptors (Lipinski definition) is 7. The highest BCUT2D eigenvalue weighted by atomic mass is 16.6. The summed E-state index contributed by atoms with van der Waals surface area (Å²) in [7, 11) is 0. The van der Waals surface area contributed by atoms with Crippen LogP contribution in [-0.4, -0.2) is 30.1 Å². The van der Waals surface area contributed by atoms with Crippen LogP contribution in [-0.2, 0) is 19.1 Å². The van der Waals surface area contributed by atoms with Crippen LogP contribution in [0.4, 0.5) is 11.4 Å². The van der Waals surface area contributed by atoms with Crippen LogP contribution in [0.3, 0.4) is 0 Å². The number of esters is 2. The smallest absolute Gasteiger partial charge is 0.336 e. The van der Waals surface area contributed by atoms with Crippen molar-refractivity contribution in [3.63, 3.8) is 0 Å². The third-order valence-electron chi connectivity index (χ3n) is 4.67. The summed E-state index contributed by atoms with van der Waals surface area (Å²) in [5.74, 6) is -2.11. The van der Waals surface area contributed by atoms with Crippen molar-refractivity contribution in [3.05, 3.63) is 93.8 Å². The monoisotopic (exact) mass is 422 g/mol. The van der Waals surface area contributed by atoms with Crippen molar-refractivity contribution < 1.29 is 24.0 Å². The minimum atomic E-state index is -0.877. The van der Waals surface area contributed by atoms with Crippen LogP contribution < -0.4 is 4.90 Å². The number of nitrogens with zero attached hydrogens (tertiary/aromatic N) is 2. The number of carbonyl (C=O) groups is 2. The van der Waals surface area contributed by atoms with Gasteiger partial charge in [0.25, 0.3) is 5.69 Å². The zero-order valence-corrected chi connectivity index (χ0v) is 17.2. The van der Waals surface area contributed by atoms with Crippen LogP contribution in [0.1, 0.15) is 25.3 Å². The molecular formula is C23H22N2O6. The van der Waals surface area contributed by atoms with Gasteiger partial charge in [-0.2, -0.15) is 0 Å². The molecule has 0 unspecified atom stereocenters. The lowest BCUT2D eigenvalue weighted by Crippen LogP contribution is -2.29. The van der Waals surface area contributed by atoms with Crippen LogP contribution in [0, 0.1) is 10.1 Å². The molecule has 0 aliphatic carbocycles. The Morgan fingerprint density at radius 3 is 2.03 bits per heavy atom. The summed E-state index contributed by atoms with van der Waals surface area (Å²) in [6.07, 6.45) is 3.17. The summed E-state index contributed by atoms with van der Waals surface area (Å²) in [4.78, 5) is 38.2. The summed E-state index contributed by atoms with van der Waals surface area (Å²) in [5, 5.41) is 11.3. The molecular weight excluding hydrogens is 400 g/mol. The standard InChI is InChI=1S/C23H22N2O6/c1-3-30-22(26)19-14-24(17-10-6-5-7-11-17)15-20(23(27)31-4-2)21(19)16-9-8-12-18(13-16)25(28)29/h5-15,21H,3-4H2,1-2H3. The van der Waals surface area contributed by atoms with Gasteiger partial charge in [0.15, 0.2) is 0 Å². The molecule has 8 heteroatoms. The van der Waals surface area contributed by atoms with Crippen molar-refractivity contribution in [1.82, 2.24) is 0 Å². The SMILES string of the molecule is CCOC(=O)C1=CN(c2ccccc2)C=C(C(=O)OCC)C1c1cccc([N+](=O)[O-])c1. The van der Waals surface area contributed by atoms with Gasteiger partial charge in [-0.15, -0.1) is 0 Å². The molecule has 0 N–H and O–H groups in total. The Kier molecular flexibility index (Phi) is 6.81. The second-order valence-corrected chi connectivity index (χ2v) is 6.64. The molecule has 0 saturated carbocycles. The van der Waals surface area contributed by atoms with E-state index in [4.69, 9.17) is 9.47 Å². The molecule has 2 aromatic carbocycles. The summed E-state index contributed by atoms with van der Waals surface area (Å²) >= 11 is 0. The zero-order valence-electron chi connectivity index (χ0n) is 17.2. The van der Waals surface area contributed by atoms with Crippen LogP contribution in [0.2, 0.25) is 0 Å². The Balaban J connectivity index is 2.19. The third-order valence-corrected chi connectivity index (χ3v) is 4.67. The van der Waals surface area contributed by atoms with Crippen LogP contribution in [0.15, 0.2) is 78.1 Å². The Hall–Kier alpha value is -3.94. The first-order chi connectivity index (χ1) is 15.0. The van der Waals surface area contributed by atoms with Gasteiger partial charge in [0, 0.05) is 30.2 Å². The van der Waals surface area contributed by atoms with E-state index in [1.165, 1.54) is 18.2 Å². The molecule has 0 fully saturated rings. The predicted octanol–water partition coefficient (Wildman–Crippen LogP) is 4.09.